The molecule has 0 aliphatic heterocycles. The second kappa shape index (κ2) is 7.30. The number of halogens is 2. The predicted molar refractivity (Wildman–Crippen MR) is 90.6 cm³/mol. The van der Waals surface area contributed by atoms with E-state index in [-0.39, 0.29) is 24.1 Å². The molecule has 3 aromatic rings. The molecule has 0 spiro atoms. The molecule has 0 aliphatic rings. The average Bonchev–Trinajstić information content (AvgIpc) is 3.04. The molecule has 0 radical (unpaired) electrons. The van der Waals surface area contributed by atoms with Gasteiger partial charge in [-0.3, -0.25) is 0 Å². The molecule has 0 saturated heterocycles. The molecule has 1 N–H and O–H groups in total. The molecular formula is C16H13ClFN3O3S. The van der Waals surface area contributed by atoms with Crippen LogP contribution in [-0.4, -0.2) is 18.6 Å². The summed E-state index contributed by atoms with van der Waals surface area (Å²) in [6.45, 7) is -0.152. The van der Waals surface area contributed by atoms with Crippen molar-refractivity contribution in [2.45, 2.75) is 12.3 Å². The molecular weight excluding hydrogens is 369 g/mol. The van der Waals surface area contributed by atoms with E-state index in [1.54, 1.807) is 24.3 Å². The number of hydrogen-bond donors (Lipinski definition) is 1. The Morgan fingerprint density at radius 1 is 1.08 bits per heavy atom. The molecule has 0 amide bonds. The zero-order chi connectivity index (χ0) is 17.9. The fourth-order valence-corrected chi connectivity index (χ4v) is 3.38. The first kappa shape index (κ1) is 17.5. The minimum atomic E-state index is -3.64. The maximum Gasteiger partial charge on any atom is 0.249 e. The highest BCUT2D eigenvalue weighted by Gasteiger charge is 2.15. The van der Waals surface area contributed by atoms with Crippen molar-refractivity contribution in [3.05, 3.63) is 70.8 Å². The van der Waals surface area contributed by atoms with Gasteiger partial charge in [-0.05, 0) is 29.8 Å². The molecule has 2 aromatic carbocycles. The smallest absolute Gasteiger partial charge is 0.249 e. The second-order valence-corrected chi connectivity index (χ2v) is 7.40. The highest BCUT2D eigenvalue weighted by atomic mass is 35.5. The number of benzene rings is 2. The summed E-state index contributed by atoms with van der Waals surface area (Å²) in [7, 11) is -3.64. The van der Waals surface area contributed by atoms with Crippen molar-refractivity contribution in [3.8, 4) is 11.5 Å². The summed E-state index contributed by atoms with van der Waals surface area (Å²) in [6.07, 6.45) is 0. The lowest BCUT2D eigenvalue weighted by Gasteiger charge is -2.04. The normalized spacial score (nSPS) is 11.6. The minimum Gasteiger partial charge on any atom is -0.419 e. The van der Waals surface area contributed by atoms with Crippen LogP contribution in [0.4, 0.5) is 4.39 Å². The predicted octanol–water partition coefficient (Wildman–Crippen LogP) is 3.15. The molecule has 0 saturated carbocycles. The van der Waals surface area contributed by atoms with Crippen LogP contribution in [0, 0.1) is 5.82 Å². The van der Waals surface area contributed by atoms with Crippen LogP contribution in [0.5, 0.6) is 0 Å². The monoisotopic (exact) mass is 381 g/mol. The molecule has 25 heavy (non-hydrogen) atoms. The van der Waals surface area contributed by atoms with Crippen LogP contribution < -0.4 is 4.72 Å². The van der Waals surface area contributed by atoms with Crippen LogP contribution in [0.2, 0.25) is 5.02 Å². The Kier molecular flexibility index (Phi) is 5.12. The van der Waals surface area contributed by atoms with E-state index in [9.17, 15) is 12.8 Å². The largest absolute Gasteiger partial charge is 0.419 e. The first-order valence-corrected chi connectivity index (χ1v) is 9.25. The number of nitrogens with one attached hydrogen (secondary N) is 1. The lowest BCUT2D eigenvalue weighted by Crippen LogP contribution is -2.24. The van der Waals surface area contributed by atoms with Gasteiger partial charge in [-0.1, -0.05) is 35.9 Å². The van der Waals surface area contributed by atoms with E-state index in [0.29, 0.717) is 16.1 Å². The Morgan fingerprint density at radius 3 is 2.52 bits per heavy atom. The lowest BCUT2D eigenvalue weighted by atomic mass is 10.2. The van der Waals surface area contributed by atoms with Gasteiger partial charge in [0.05, 0.1) is 22.9 Å². The van der Waals surface area contributed by atoms with Crippen LogP contribution in [-0.2, 0) is 22.3 Å². The van der Waals surface area contributed by atoms with E-state index >= 15 is 0 Å². The van der Waals surface area contributed by atoms with Crippen LogP contribution in [0.15, 0.2) is 52.9 Å². The number of nitrogens with zero attached hydrogens (tertiary/aromatic N) is 2. The van der Waals surface area contributed by atoms with Gasteiger partial charge in [-0.2, -0.15) is 0 Å². The molecule has 0 fully saturated rings. The van der Waals surface area contributed by atoms with Crippen LogP contribution in [0.25, 0.3) is 11.5 Å². The van der Waals surface area contributed by atoms with E-state index in [1.807, 2.05) is 0 Å². The van der Waals surface area contributed by atoms with E-state index in [0.717, 1.165) is 0 Å². The number of aromatic nitrogens is 2. The van der Waals surface area contributed by atoms with Crippen LogP contribution >= 0.6 is 11.6 Å². The molecule has 3 rings (SSSR count). The summed E-state index contributed by atoms with van der Waals surface area (Å²) in [5, 5.41) is 8.12. The summed E-state index contributed by atoms with van der Waals surface area (Å²) in [4.78, 5) is 0. The van der Waals surface area contributed by atoms with E-state index in [1.165, 1.54) is 24.3 Å². The standard InChI is InChI=1S/C16H13ClFN3O3S/c17-14-4-2-1-3-13(14)16-21-20-15(24-16)9-19-25(22,23)10-11-5-7-12(18)8-6-11/h1-8,19H,9-10H2. The Labute approximate surface area is 148 Å². The Morgan fingerprint density at radius 2 is 1.80 bits per heavy atom. The van der Waals surface area contributed by atoms with Crippen molar-refractivity contribution < 1.29 is 17.2 Å². The van der Waals surface area contributed by atoms with Gasteiger partial charge in [-0.25, -0.2) is 17.5 Å². The van der Waals surface area contributed by atoms with Gasteiger partial charge in [0.15, 0.2) is 0 Å². The molecule has 130 valence electrons. The summed E-state index contributed by atoms with van der Waals surface area (Å²) in [5.74, 6) is -0.387. The molecule has 0 atom stereocenters. The maximum absolute atomic E-state index is 12.9. The van der Waals surface area contributed by atoms with Crippen molar-refractivity contribution in [3.63, 3.8) is 0 Å². The van der Waals surface area contributed by atoms with Crippen molar-refractivity contribution in [1.29, 1.82) is 0 Å². The van der Waals surface area contributed by atoms with Gasteiger partial charge in [0.1, 0.15) is 5.82 Å². The fourth-order valence-electron chi connectivity index (χ4n) is 2.09. The number of hydrogen-bond acceptors (Lipinski definition) is 5. The third-order valence-corrected chi connectivity index (χ3v) is 4.91. The first-order chi connectivity index (χ1) is 11.9. The van der Waals surface area contributed by atoms with Gasteiger partial charge in [-0.15, -0.1) is 10.2 Å². The summed E-state index contributed by atoms with van der Waals surface area (Å²) in [5.41, 5.74) is 1.04. The molecule has 1 heterocycles. The van der Waals surface area contributed by atoms with E-state index < -0.39 is 15.8 Å². The van der Waals surface area contributed by atoms with Gasteiger partial charge >= 0.3 is 0 Å². The van der Waals surface area contributed by atoms with Crippen molar-refractivity contribution >= 4 is 21.6 Å². The van der Waals surface area contributed by atoms with E-state index in [4.69, 9.17) is 16.0 Å². The molecule has 6 nitrogen and oxygen atoms in total. The van der Waals surface area contributed by atoms with Gasteiger partial charge in [0.2, 0.25) is 21.8 Å². The van der Waals surface area contributed by atoms with Crippen molar-refractivity contribution in [2.24, 2.45) is 0 Å². The molecule has 0 aliphatic carbocycles. The molecule has 0 bridgehead atoms. The Bertz CT molecular complexity index is 974. The Hall–Kier alpha value is -2.29. The van der Waals surface area contributed by atoms with Crippen LogP contribution in [0.3, 0.4) is 0 Å². The zero-order valence-electron chi connectivity index (χ0n) is 12.8. The average molecular weight is 382 g/mol. The summed E-state index contributed by atoms with van der Waals surface area (Å²) >= 11 is 6.05. The topological polar surface area (TPSA) is 85.1 Å². The molecule has 1 aromatic heterocycles. The van der Waals surface area contributed by atoms with Gasteiger partial charge in [0, 0.05) is 0 Å². The third kappa shape index (κ3) is 4.62. The van der Waals surface area contributed by atoms with Crippen LogP contribution in [0.1, 0.15) is 11.5 Å². The summed E-state index contributed by atoms with van der Waals surface area (Å²) < 4.78 is 44.8. The quantitative estimate of drug-likeness (QED) is 0.709. The maximum atomic E-state index is 12.9. The van der Waals surface area contributed by atoms with E-state index in [2.05, 4.69) is 14.9 Å². The number of rotatable bonds is 6. The highest BCUT2D eigenvalue weighted by molar-refractivity contribution is 7.88. The minimum absolute atomic E-state index is 0.109. The Balaban J connectivity index is 1.65. The van der Waals surface area contributed by atoms with Crippen molar-refractivity contribution in [1.82, 2.24) is 14.9 Å². The highest BCUT2D eigenvalue weighted by Crippen LogP contribution is 2.26. The third-order valence-electron chi connectivity index (χ3n) is 3.28. The molecule has 0 unspecified atom stereocenters. The molecule has 9 heteroatoms. The van der Waals surface area contributed by atoms with Gasteiger partial charge < -0.3 is 4.42 Å². The fraction of sp³-hybridized carbons (Fsp3) is 0.125. The first-order valence-electron chi connectivity index (χ1n) is 7.22. The SMILES string of the molecule is O=S(=O)(Cc1ccc(F)cc1)NCc1nnc(-c2ccccc2Cl)o1. The lowest BCUT2D eigenvalue weighted by molar-refractivity contribution is 0.494. The van der Waals surface area contributed by atoms with Gasteiger partial charge in [0.25, 0.3) is 0 Å². The summed E-state index contributed by atoms with van der Waals surface area (Å²) in [6, 6.07) is 12.2. The zero-order valence-corrected chi connectivity index (χ0v) is 14.4. The van der Waals surface area contributed by atoms with Crippen molar-refractivity contribution in [2.75, 3.05) is 0 Å². The second-order valence-electron chi connectivity index (χ2n) is 5.19. The number of sulfonamides is 1.